The number of anilines is 1. The molecule has 1 amide bonds. The van der Waals surface area contributed by atoms with Gasteiger partial charge < -0.3 is 11.1 Å². The average Bonchev–Trinajstić information content (AvgIpc) is 2.18. The fourth-order valence-electron chi connectivity index (χ4n) is 0.881. The number of carbonyl (C=O) groups is 1. The summed E-state index contributed by atoms with van der Waals surface area (Å²) in [5.74, 6) is 0.466. The largest absolute Gasteiger partial charge is 0.368 e. The maximum absolute atomic E-state index is 10.8. The van der Waals surface area contributed by atoms with Crippen molar-refractivity contribution >= 4 is 22.5 Å². The van der Waals surface area contributed by atoms with Crippen molar-refractivity contribution in [3.8, 4) is 0 Å². The number of hydrogen-bond donors (Lipinski definition) is 2. The monoisotopic (exact) mass is 228 g/mol. The highest BCUT2D eigenvalue weighted by Gasteiger charge is 2.02. The van der Waals surface area contributed by atoms with Gasteiger partial charge in [-0.1, -0.05) is 0 Å². The van der Waals surface area contributed by atoms with Crippen LogP contribution in [0.4, 0.5) is 5.82 Å². The van der Waals surface area contributed by atoms with Crippen LogP contribution in [-0.2, 0) is 10.8 Å². The number of amides is 1. The molecule has 0 aliphatic carbocycles. The van der Waals surface area contributed by atoms with E-state index in [1.54, 1.807) is 12.3 Å². The summed E-state index contributed by atoms with van der Waals surface area (Å²) in [6.07, 6.45) is 1.63. The number of aromatic nitrogens is 2. The molecule has 0 saturated carbocycles. The molecule has 1 atom stereocenters. The molecule has 1 rings (SSSR count). The third-order valence-electron chi connectivity index (χ3n) is 1.61. The number of rotatable bonds is 5. The van der Waals surface area contributed by atoms with Crippen LogP contribution in [0, 0.1) is 0 Å². The molecule has 6 nitrogen and oxygen atoms in total. The van der Waals surface area contributed by atoms with Crippen molar-refractivity contribution in [2.24, 2.45) is 5.73 Å². The zero-order valence-electron chi connectivity index (χ0n) is 8.27. The topological polar surface area (TPSA) is 98.0 Å². The van der Waals surface area contributed by atoms with Crippen LogP contribution in [0.3, 0.4) is 0 Å². The summed E-state index contributed by atoms with van der Waals surface area (Å²) in [6.45, 7) is 0.549. The minimum atomic E-state index is -0.836. The fourth-order valence-corrected chi connectivity index (χ4v) is 1.27. The molecule has 1 aromatic rings. The highest BCUT2D eigenvalue weighted by Crippen LogP contribution is 2.00. The average molecular weight is 228 g/mol. The first-order valence-electron chi connectivity index (χ1n) is 4.27. The first-order chi connectivity index (χ1) is 7.09. The smallest absolute Gasteiger partial charge is 0.269 e. The molecule has 1 aromatic heterocycles. The maximum Gasteiger partial charge on any atom is 0.269 e. The molecular weight excluding hydrogens is 216 g/mol. The van der Waals surface area contributed by atoms with Crippen molar-refractivity contribution in [2.45, 2.75) is 0 Å². The Kier molecular flexibility index (Phi) is 4.17. The van der Waals surface area contributed by atoms with Gasteiger partial charge in [0.1, 0.15) is 5.82 Å². The lowest BCUT2D eigenvalue weighted by Crippen LogP contribution is -2.15. The Morgan fingerprint density at radius 3 is 2.73 bits per heavy atom. The molecule has 0 aromatic carbocycles. The van der Waals surface area contributed by atoms with E-state index >= 15 is 0 Å². The lowest BCUT2D eigenvalue weighted by Gasteiger charge is -2.02. The van der Waals surface area contributed by atoms with Gasteiger partial charge in [-0.3, -0.25) is 9.00 Å². The van der Waals surface area contributed by atoms with E-state index in [-0.39, 0.29) is 5.69 Å². The Labute approximate surface area is 89.7 Å². The summed E-state index contributed by atoms with van der Waals surface area (Å²) < 4.78 is 10.8. The zero-order valence-corrected chi connectivity index (χ0v) is 9.08. The minimum absolute atomic E-state index is 0.125. The maximum atomic E-state index is 10.8. The Hall–Kier alpha value is -1.50. The molecule has 82 valence electrons. The van der Waals surface area contributed by atoms with E-state index in [2.05, 4.69) is 15.5 Å². The SMILES string of the molecule is CS(=O)CCNc1ccc(C(N)=O)nn1. The lowest BCUT2D eigenvalue weighted by atomic mass is 10.4. The number of nitrogens with two attached hydrogens (primary N) is 1. The summed E-state index contributed by atoms with van der Waals surface area (Å²) in [4.78, 5) is 10.7. The number of carbonyl (C=O) groups excluding carboxylic acids is 1. The van der Waals surface area contributed by atoms with Crippen LogP contribution in [0.5, 0.6) is 0 Å². The van der Waals surface area contributed by atoms with Gasteiger partial charge in [-0.25, -0.2) is 0 Å². The van der Waals surface area contributed by atoms with E-state index in [1.165, 1.54) is 6.07 Å². The molecule has 7 heteroatoms. The second kappa shape index (κ2) is 5.40. The third kappa shape index (κ3) is 4.03. The summed E-state index contributed by atoms with van der Waals surface area (Å²) in [7, 11) is -0.836. The van der Waals surface area contributed by atoms with Crippen molar-refractivity contribution in [1.29, 1.82) is 0 Å². The third-order valence-corrected chi connectivity index (χ3v) is 2.39. The molecular formula is C8H12N4O2S. The fraction of sp³-hybridized carbons (Fsp3) is 0.375. The number of nitrogens with zero attached hydrogens (tertiary/aromatic N) is 2. The van der Waals surface area contributed by atoms with Crippen LogP contribution >= 0.6 is 0 Å². The van der Waals surface area contributed by atoms with Crippen molar-refractivity contribution < 1.29 is 9.00 Å². The number of hydrogen-bond acceptors (Lipinski definition) is 5. The van der Waals surface area contributed by atoms with Gasteiger partial charge >= 0.3 is 0 Å². The summed E-state index contributed by atoms with van der Waals surface area (Å²) >= 11 is 0. The van der Waals surface area contributed by atoms with E-state index in [0.717, 1.165) is 0 Å². The molecule has 1 heterocycles. The summed E-state index contributed by atoms with van der Waals surface area (Å²) in [5, 5.41) is 10.3. The van der Waals surface area contributed by atoms with Gasteiger partial charge in [0.05, 0.1) is 0 Å². The van der Waals surface area contributed by atoms with Crippen LogP contribution in [-0.4, -0.2) is 38.9 Å². The Morgan fingerprint density at radius 2 is 2.27 bits per heavy atom. The van der Waals surface area contributed by atoms with Crippen molar-refractivity contribution in [1.82, 2.24) is 10.2 Å². The van der Waals surface area contributed by atoms with Crippen molar-refractivity contribution in [2.75, 3.05) is 23.9 Å². The molecule has 0 radical (unpaired) electrons. The van der Waals surface area contributed by atoms with Crippen molar-refractivity contribution in [3.63, 3.8) is 0 Å². The second-order valence-corrected chi connectivity index (χ2v) is 4.43. The second-order valence-electron chi connectivity index (χ2n) is 2.87. The minimum Gasteiger partial charge on any atom is -0.368 e. The zero-order chi connectivity index (χ0) is 11.3. The van der Waals surface area contributed by atoms with E-state index in [4.69, 9.17) is 5.73 Å². The molecule has 15 heavy (non-hydrogen) atoms. The number of primary amides is 1. The molecule has 1 unspecified atom stereocenters. The Bertz CT molecular complexity index is 365. The summed E-state index contributed by atoms with van der Waals surface area (Å²) in [6, 6.07) is 3.09. The summed E-state index contributed by atoms with van der Waals surface area (Å²) in [5.41, 5.74) is 5.13. The van der Waals surface area contributed by atoms with Crippen LogP contribution in [0.25, 0.3) is 0 Å². The standard InChI is InChI=1S/C8H12N4O2S/c1-15(14)5-4-10-7-3-2-6(8(9)13)11-12-7/h2-3H,4-5H2,1H3,(H2,9,13)(H,10,12). The van der Waals surface area contributed by atoms with Gasteiger partial charge in [0.25, 0.3) is 5.91 Å². The molecule has 0 spiro atoms. The van der Waals surface area contributed by atoms with Gasteiger partial charge in [-0.05, 0) is 12.1 Å². The first kappa shape index (κ1) is 11.6. The van der Waals surface area contributed by atoms with Gasteiger partial charge in [0, 0.05) is 29.4 Å². The van der Waals surface area contributed by atoms with Crippen LogP contribution < -0.4 is 11.1 Å². The van der Waals surface area contributed by atoms with Gasteiger partial charge in [-0.2, -0.15) is 0 Å². The molecule has 0 bridgehead atoms. The van der Waals surface area contributed by atoms with Crippen LogP contribution in [0.2, 0.25) is 0 Å². The predicted octanol–water partition coefficient (Wildman–Crippen LogP) is -0.634. The molecule has 3 N–H and O–H groups in total. The van der Waals surface area contributed by atoms with Crippen LogP contribution in [0.1, 0.15) is 10.5 Å². The highest BCUT2D eigenvalue weighted by atomic mass is 32.2. The van der Waals surface area contributed by atoms with Gasteiger partial charge in [-0.15, -0.1) is 10.2 Å². The normalized spacial score (nSPS) is 12.1. The van der Waals surface area contributed by atoms with E-state index in [1.807, 2.05) is 0 Å². The Morgan fingerprint density at radius 1 is 1.53 bits per heavy atom. The van der Waals surface area contributed by atoms with Crippen molar-refractivity contribution in [3.05, 3.63) is 17.8 Å². The van der Waals surface area contributed by atoms with E-state index < -0.39 is 16.7 Å². The molecule has 0 fully saturated rings. The highest BCUT2D eigenvalue weighted by molar-refractivity contribution is 7.84. The molecule has 0 aliphatic heterocycles. The van der Waals surface area contributed by atoms with Gasteiger partial charge in [0.2, 0.25) is 0 Å². The number of nitrogens with one attached hydrogen (secondary N) is 1. The predicted molar refractivity (Wildman–Crippen MR) is 58.0 cm³/mol. The molecule has 0 saturated heterocycles. The first-order valence-corrected chi connectivity index (χ1v) is 6.00. The quantitative estimate of drug-likeness (QED) is 0.699. The van der Waals surface area contributed by atoms with Gasteiger partial charge in [0.15, 0.2) is 5.69 Å². The lowest BCUT2D eigenvalue weighted by molar-refractivity contribution is 0.0994. The van der Waals surface area contributed by atoms with E-state index in [9.17, 15) is 9.00 Å². The van der Waals surface area contributed by atoms with E-state index in [0.29, 0.717) is 18.1 Å². The molecule has 0 aliphatic rings. The Balaban J connectivity index is 2.50. The van der Waals surface area contributed by atoms with Crippen LogP contribution in [0.15, 0.2) is 12.1 Å².